The molecule has 4 rings (SSSR count). The highest BCUT2D eigenvalue weighted by Gasteiger charge is 2.12. The second-order valence-electron chi connectivity index (χ2n) is 5.64. The summed E-state index contributed by atoms with van der Waals surface area (Å²) in [5, 5.41) is 1.10. The van der Waals surface area contributed by atoms with E-state index in [4.69, 9.17) is 9.72 Å². The minimum absolute atomic E-state index is 0.794. The van der Waals surface area contributed by atoms with E-state index in [1.165, 1.54) is 11.1 Å². The fourth-order valence-electron chi connectivity index (χ4n) is 3.00. The predicted molar refractivity (Wildman–Crippen MR) is 99.2 cm³/mol. The standard InChI is InChI=1S/C22H17NO/c1-24-21-14-8-13-18-19(16-9-4-2-5-10-16)15-20(23-22(18)21)17-11-6-3-7-12-17/h2-15H,1H3. The minimum Gasteiger partial charge on any atom is -0.494 e. The maximum atomic E-state index is 5.55. The number of para-hydroxylation sites is 1. The third-order valence-corrected chi connectivity index (χ3v) is 4.18. The van der Waals surface area contributed by atoms with Gasteiger partial charge in [-0.1, -0.05) is 72.8 Å². The van der Waals surface area contributed by atoms with Crippen LogP contribution in [0, 0.1) is 0 Å². The van der Waals surface area contributed by atoms with Gasteiger partial charge in [-0.05, 0) is 23.3 Å². The van der Waals surface area contributed by atoms with Crippen molar-refractivity contribution in [3.05, 3.63) is 84.9 Å². The summed E-state index contributed by atoms with van der Waals surface area (Å²) in [6, 6.07) is 28.9. The van der Waals surface area contributed by atoms with Gasteiger partial charge in [0.2, 0.25) is 0 Å². The summed E-state index contributed by atoms with van der Waals surface area (Å²) in [6.07, 6.45) is 0. The number of aromatic nitrogens is 1. The Morgan fingerprint density at radius 3 is 2.04 bits per heavy atom. The third kappa shape index (κ3) is 2.52. The Morgan fingerprint density at radius 2 is 1.38 bits per heavy atom. The third-order valence-electron chi connectivity index (χ3n) is 4.18. The van der Waals surface area contributed by atoms with E-state index in [0.29, 0.717) is 0 Å². The molecular formula is C22H17NO. The summed E-state index contributed by atoms with van der Waals surface area (Å²) in [4.78, 5) is 4.88. The molecule has 24 heavy (non-hydrogen) atoms. The molecule has 4 aromatic rings. The lowest BCUT2D eigenvalue weighted by molar-refractivity contribution is 0.419. The molecule has 0 aliphatic rings. The second kappa shape index (κ2) is 6.17. The zero-order valence-electron chi connectivity index (χ0n) is 13.4. The van der Waals surface area contributed by atoms with Crippen LogP contribution in [0.1, 0.15) is 0 Å². The fraction of sp³-hybridized carbons (Fsp3) is 0.0455. The maximum Gasteiger partial charge on any atom is 0.145 e. The lowest BCUT2D eigenvalue weighted by atomic mass is 9.98. The molecule has 1 aromatic heterocycles. The summed E-state index contributed by atoms with van der Waals surface area (Å²) in [5.74, 6) is 0.794. The van der Waals surface area contributed by atoms with Crippen molar-refractivity contribution in [2.75, 3.05) is 7.11 Å². The van der Waals surface area contributed by atoms with E-state index in [1.807, 2.05) is 36.4 Å². The first-order valence-electron chi connectivity index (χ1n) is 7.95. The highest BCUT2D eigenvalue weighted by atomic mass is 16.5. The molecule has 2 heteroatoms. The molecule has 0 aliphatic carbocycles. The molecule has 1 heterocycles. The van der Waals surface area contributed by atoms with Crippen molar-refractivity contribution in [2.24, 2.45) is 0 Å². The molecule has 0 spiro atoms. The van der Waals surface area contributed by atoms with Gasteiger partial charge in [0.25, 0.3) is 0 Å². The molecule has 0 saturated carbocycles. The van der Waals surface area contributed by atoms with E-state index in [2.05, 4.69) is 48.5 Å². The number of hydrogen-bond acceptors (Lipinski definition) is 2. The van der Waals surface area contributed by atoms with E-state index in [9.17, 15) is 0 Å². The molecular weight excluding hydrogens is 294 g/mol. The van der Waals surface area contributed by atoms with Gasteiger partial charge in [-0.15, -0.1) is 0 Å². The number of ether oxygens (including phenoxy) is 1. The Bertz CT molecular complexity index is 979. The highest BCUT2D eigenvalue weighted by molar-refractivity contribution is 5.99. The average molecular weight is 311 g/mol. The van der Waals surface area contributed by atoms with Gasteiger partial charge in [0.1, 0.15) is 11.3 Å². The van der Waals surface area contributed by atoms with Crippen molar-refractivity contribution in [1.29, 1.82) is 0 Å². The van der Waals surface area contributed by atoms with Crippen molar-refractivity contribution in [3.8, 4) is 28.1 Å². The van der Waals surface area contributed by atoms with Crippen LogP contribution in [0.4, 0.5) is 0 Å². The van der Waals surface area contributed by atoms with Gasteiger partial charge in [-0.2, -0.15) is 0 Å². The van der Waals surface area contributed by atoms with E-state index >= 15 is 0 Å². The molecule has 0 radical (unpaired) electrons. The smallest absolute Gasteiger partial charge is 0.145 e. The molecule has 0 aliphatic heterocycles. The van der Waals surface area contributed by atoms with Gasteiger partial charge in [-0.25, -0.2) is 4.98 Å². The van der Waals surface area contributed by atoms with Crippen molar-refractivity contribution in [2.45, 2.75) is 0 Å². The Hall–Kier alpha value is -3.13. The van der Waals surface area contributed by atoms with Crippen LogP contribution in [0.5, 0.6) is 5.75 Å². The Balaban J connectivity index is 2.06. The lowest BCUT2D eigenvalue weighted by Gasteiger charge is -2.12. The molecule has 2 nitrogen and oxygen atoms in total. The van der Waals surface area contributed by atoms with Crippen molar-refractivity contribution >= 4 is 10.9 Å². The SMILES string of the molecule is COc1cccc2c(-c3ccccc3)cc(-c3ccccc3)nc12. The monoisotopic (exact) mass is 311 g/mol. The van der Waals surface area contributed by atoms with Crippen LogP contribution in [0.3, 0.4) is 0 Å². The summed E-state index contributed by atoms with van der Waals surface area (Å²) in [7, 11) is 1.69. The molecule has 0 bridgehead atoms. The first kappa shape index (κ1) is 14.5. The van der Waals surface area contributed by atoms with Crippen LogP contribution in [0.25, 0.3) is 33.3 Å². The van der Waals surface area contributed by atoms with Crippen LogP contribution in [-0.4, -0.2) is 12.1 Å². The van der Waals surface area contributed by atoms with Crippen molar-refractivity contribution in [1.82, 2.24) is 4.98 Å². The first-order chi connectivity index (χ1) is 11.9. The molecule has 0 saturated heterocycles. The number of hydrogen-bond donors (Lipinski definition) is 0. The quantitative estimate of drug-likeness (QED) is 0.493. The normalized spacial score (nSPS) is 10.7. The van der Waals surface area contributed by atoms with Gasteiger partial charge in [0.15, 0.2) is 0 Å². The van der Waals surface area contributed by atoms with Crippen LogP contribution < -0.4 is 4.74 Å². The Kier molecular flexibility index (Phi) is 3.72. The summed E-state index contributed by atoms with van der Waals surface area (Å²) < 4.78 is 5.55. The number of rotatable bonds is 3. The zero-order chi connectivity index (χ0) is 16.4. The van der Waals surface area contributed by atoms with Gasteiger partial charge >= 0.3 is 0 Å². The van der Waals surface area contributed by atoms with Gasteiger partial charge in [-0.3, -0.25) is 0 Å². The van der Waals surface area contributed by atoms with Crippen LogP contribution in [-0.2, 0) is 0 Å². The van der Waals surface area contributed by atoms with E-state index in [-0.39, 0.29) is 0 Å². The zero-order valence-corrected chi connectivity index (χ0v) is 13.4. The van der Waals surface area contributed by atoms with Crippen molar-refractivity contribution < 1.29 is 4.74 Å². The van der Waals surface area contributed by atoms with Gasteiger partial charge < -0.3 is 4.74 Å². The Labute approximate surface area is 141 Å². The highest BCUT2D eigenvalue weighted by Crippen LogP contribution is 2.35. The van der Waals surface area contributed by atoms with E-state index < -0.39 is 0 Å². The largest absolute Gasteiger partial charge is 0.494 e. The number of benzene rings is 3. The van der Waals surface area contributed by atoms with Crippen molar-refractivity contribution in [3.63, 3.8) is 0 Å². The molecule has 0 N–H and O–H groups in total. The van der Waals surface area contributed by atoms with Crippen LogP contribution in [0.15, 0.2) is 84.9 Å². The minimum atomic E-state index is 0.794. The number of nitrogens with zero attached hydrogens (tertiary/aromatic N) is 1. The lowest BCUT2D eigenvalue weighted by Crippen LogP contribution is -1.93. The van der Waals surface area contributed by atoms with Gasteiger partial charge in [0.05, 0.1) is 12.8 Å². The molecule has 116 valence electrons. The number of pyridine rings is 1. The van der Waals surface area contributed by atoms with E-state index in [1.54, 1.807) is 7.11 Å². The topological polar surface area (TPSA) is 22.1 Å². The molecule has 3 aromatic carbocycles. The van der Waals surface area contributed by atoms with Crippen LogP contribution in [0.2, 0.25) is 0 Å². The second-order valence-corrected chi connectivity index (χ2v) is 5.64. The molecule has 0 atom stereocenters. The summed E-state index contributed by atoms with van der Waals surface area (Å²) in [6.45, 7) is 0. The molecule has 0 unspecified atom stereocenters. The Morgan fingerprint density at radius 1 is 0.708 bits per heavy atom. The predicted octanol–water partition coefficient (Wildman–Crippen LogP) is 5.58. The number of fused-ring (bicyclic) bond motifs is 1. The fourth-order valence-corrected chi connectivity index (χ4v) is 3.00. The summed E-state index contributed by atoms with van der Waals surface area (Å²) >= 11 is 0. The van der Waals surface area contributed by atoms with Gasteiger partial charge in [0, 0.05) is 10.9 Å². The average Bonchev–Trinajstić information content (AvgIpc) is 2.68. The van der Waals surface area contributed by atoms with E-state index in [0.717, 1.165) is 27.9 Å². The number of methoxy groups -OCH3 is 1. The first-order valence-corrected chi connectivity index (χ1v) is 7.95. The summed E-state index contributed by atoms with van der Waals surface area (Å²) in [5.41, 5.74) is 5.28. The maximum absolute atomic E-state index is 5.55. The molecule has 0 amide bonds. The molecule has 0 fully saturated rings. The van der Waals surface area contributed by atoms with Crippen LogP contribution >= 0.6 is 0 Å².